The quantitative estimate of drug-likeness (QED) is 0.820. The summed E-state index contributed by atoms with van der Waals surface area (Å²) in [5, 5.41) is 12.8. The Morgan fingerprint density at radius 3 is 2.45 bits per heavy atom. The molecule has 29 heavy (non-hydrogen) atoms. The minimum absolute atomic E-state index is 0.0255. The molecule has 2 aromatic rings. The Bertz CT molecular complexity index is 975. The molecule has 0 radical (unpaired) electrons. The van der Waals surface area contributed by atoms with Gasteiger partial charge in [-0.15, -0.1) is 0 Å². The molecule has 2 unspecified atom stereocenters. The highest BCUT2D eigenvalue weighted by Gasteiger charge is 2.38. The van der Waals surface area contributed by atoms with Crippen molar-refractivity contribution in [3.8, 4) is 11.5 Å². The Morgan fingerprint density at radius 1 is 1.00 bits per heavy atom. The fourth-order valence-electron chi connectivity index (χ4n) is 4.31. The van der Waals surface area contributed by atoms with Gasteiger partial charge in [0.1, 0.15) is 11.5 Å². The van der Waals surface area contributed by atoms with Crippen LogP contribution in [-0.4, -0.2) is 22.9 Å². The molecule has 5 nitrogen and oxygen atoms in total. The average molecular weight is 391 g/mol. The van der Waals surface area contributed by atoms with Crippen molar-refractivity contribution < 1.29 is 19.4 Å². The SMILES string of the molecule is CC(C)Oc1ccc(C2CC(=O)C3=C(C2)NC(=O)CC3c2cccc(O)c2)cc1. The zero-order chi connectivity index (χ0) is 20.5. The second kappa shape index (κ2) is 7.74. The number of nitrogens with one attached hydrogen (secondary N) is 1. The minimum atomic E-state index is -0.305. The predicted molar refractivity (Wildman–Crippen MR) is 110 cm³/mol. The molecule has 2 atom stereocenters. The molecule has 0 spiro atoms. The van der Waals surface area contributed by atoms with Crippen molar-refractivity contribution in [2.45, 2.75) is 51.0 Å². The van der Waals surface area contributed by atoms with Gasteiger partial charge in [0.05, 0.1) is 6.10 Å². The molecule has 1 heterocycles. The molecule has 2 N–H and O–H groups in total. The van der Waals surface area contributed by atoms with Crippen molar-refractivity contribution in [1.29, 1.82) is 0 Å². The number of phenolic OH excluding ortho intramolecular Hbond substituents is 1. The highest BCUT2D eigenvalue weighted by Crippen LogP contribution is 2.43. The first-order valence-electron chi connectivity index (χ1n) is 10.0. The van der Waals surface area contributed by atoms with Crippen molar-refractivity contribution in [1.82, 2.24) is 5.32 Å². The van der Waals surface area contributed by atoms with Crippen LogP contribution in [0.25, 0.3) is 0 Å². The number of ether oxygens (including phenoxy) is 1. The first kappa shape index (κ1) is 19.2. The van der Waals surface area contributed by atoms with Crippen molar-refractivity contribution in [3.63, 3.8) is 0 Å². The molecule has 2 aromatic carbocycles. The van der Waals surface area contributed by atoms with E-state index in [-0.39, 0.29) is 41.8 Å². The zero-order valence-electron chi connectivity index (χ0n) is 16.6. The normalized spacial score (nSPS) is 21.8. The van der Waals surface area contributed by atoms with Gasteiger partial charge in [-0.1, -0.05) is 24.3 Å². The van der Waals surface area contributed by atoms with E-state index in [0.29, 0.717) is 18.4 Å². The summed E-state index contributed by atoms with van der Waals surface area (Å²) >= 11 is 0. The summed E-state index contributed by atoms with van der Waals surface area (Å²) in [6.45, 7) is 3.97. The van der Waals surface area contributed by atoms with Crippen LogP contribution in [0.15, 0.2) is 59.8 Å². The number of carbonyl (C=O) groups excluding carboxylic acids is 2. The van der Waals surface area contributed by atoms with Crippen LogP contribution < -0.4 is 10.1 Å². The van der Waals surface area contributed by atoms with Crippen LogP contribution in [0, 0.1) is 0 Å². The summed E-state index contributed by atoms with van der Waals surface area (Å²) in [5.41, 5.74) is 3.27. The molecule has 1 aliphatic heterocycles. The van der Waals surface area contributed by atoms with Gasteiger partial charge in [0.15, 0.2) is 5.78 Å². The van der Waals surface area contributed by atoms with Gasteiger partial charge >= 0.3 is 0 Å². The van der Waals surface area contributed by atoms with Crippen LogP contribution in [0.3, 0.4) is 0 Å². The van der Waals surface area contributed by atoms with Gasteiger partial charge in [-0.2, -0.15) is 0 Å². The van der Waals surface area contributed by atoms with E-state index in [9.17, 15) is 14.7 Å². The maximum atomic E-state index is 13.1. The molecule has 1 amide bonds. The Kier molecular flexibility index (Phi) is 5.14. The minimum Gasteiger partial charge on any atom is -0.508 e. The molecule has 0 bridgehead atoms. The van der Waals surface area contributed by atoms with Crippen LogP contribution in [0.1, 0.15) is 56.1 Å². The summed E-state index contributed by atoms with van der Waals surface area (Å²) in [6.07, 6.45) is 1.36. The maximum Gasteiger partial charge on any atom is 0.225 e. The number of hydrogen-bond acceptors (Lipinski definition) is 4. The van der Waals surface area contributed by atoms with Gasteiger partial charge in [0.2, 0.25) is 5.91 Å². The van der Waals surface area contributed by atoms with Crippen molar-refractivity contribution in [2.75, 3.05) is 0 Å². The third-order valence-corrected chi connectivity index (χ3v) is 5.53. The first-order valence-corrected chi connectivity index (χ1v) is 10.0. The summed E-state index contributed by atoms with van der Waals surface area (Å²) in [6, 6.07) is 14.7. The lowest BCUT2D eigenvalue weighted by molar-refractivity contribution is -0.122. The molecule has 1 aliphatic carbocycles. The predicted octanol–water partition coefficient (Wildman–Crippen LogP) is 4.18. The largest absolute Gasteiger partial charge is 0.508 e. The van der Waals surface area contributed by atoms with E-state index in [2.05, 4.69) is 5.32 Å². The van der Waals surface area contributed by atoms with Crippen molar-refractivity contribution in [3.05, 3.63) is 70.9 Å². The van der Waals surface area contributed by atoms with E-state index in [4.69, 9.17) is 4.74 Å². The molecule has 0 fully saturated rings. The lowest BCUT2D eigenvalue weighted by Gasteiger charge is -2.34. The number of ketones is 1. The molecule has 5 heteroatoms. The van der Waals surface area contributed by atoms with Gasteiger partial charge in [-0.25, -0.2) is 0 Å². The number of allylic oxidation sites excluding steroid dienone is 2. The molecule has 150 valence electrons. The van der Waals surface area contributed by atoms with Crippen molar-refractivity contribution in [2.24, 2.45) is 0 Å². The number of amides is 1. The topological polar surface area (TPSA) is 75.6 Å². The summed E-state index contributed by atoms with van der Waals surface area (Å²) in [7, 11) is 0. The van der Waals surface area contributed by atoms with E-state index in [0.717, 1.165) is 22.6 Å². The van der Waals surface area contributed by atoms with Crippen LogP contribution in [0.4, 0.5) is 0 Å². The van der Waals surface area contributed by atoms with Gasteiger partial charge < -0.3 is 15.2 Å². The lowest BCUT2D eigenvalue weighted by atomic mass is 9.73. The summed E-state index contributed by atoms with van der Waals surface area (Å²) < 4.78 is 5.70. The monoisotopic (exact) mass is 391 g/mol. The van der Waals surface area contributed by atoms with E-state index in [1.807, 2.05) is 44.2 Å². The standard InChI is InChI=1S/C24H25NO4/c1-14(2)29-19-8-6-15(7-9-19)17-11-21-24(22(27)12-17)20(13-23(28)25-21)16-4-3-5-18(26)10-16/h3-10,14,17,20,26H,11-13H2,1-2H3,(H,25,28). The van der Waals surface area contributed by atoms with E-state index in [1.54, 1.807) is 18.2 Å². The molecular weight excluding hydrogens is 366 g/mol. The number of aromatic hydroxyl groups is 1. The summed E-state index contributed by atoms with van der Waals surface area (Å²) in [4.78, 5) is 25.5. The van der Waals surface area contributed by atoms with Gasteiger partial charge in [0.25, 0.3) is 0 Å². The summed E-state index contributed by atoms with van der Waals surface area (Å²) in [5.74, 6) is 0.637. The van der Waals surface area contributed by atoms with Crippen LogP contribution >= 0.6 is 0 Å². The van der Waals surface area contributed by atoms with E-state index < -0.39 is 0 Å². The first-order chi connectivity index (χ1) is 13.9. The number of rotatable bonds is 4. The third kappa shape index (κ3) is 4.04. The fraction of sp³-hybridized carbons (Fsp3) is 0.333. The van der Waals surface area contributed by atoms with Gasteiger partial charge in [-0.05, 0) is 61.6 Å². The number of carbonyl (C=O) groups is 2. The number of benzene rings is 2. The Balaban J connectivity index is 1.62. The Morgan fingerprint density at radius 2 is 1.76 bits per heavy atom. The smallest absolute Gasteiger partial charge is 0.225 e. The zero-order valence-corrected chi connectivity index (χ0v) is 16.6. The molecule has 0 aromatic heterocycles. The highest BCUT2D eigenvalue weighted by atomic mass is 16.5. The highest BCUT2D eigenvalue weighted by molar-refractivity contribution is 6.02. The van der Waals surface area contributed by atoms with E-state index >= 15 is 0 Å². The molecular formula is C24H25NO4. The second-order valence-corrected chi connectivity index (χ2v) is 8.06. The number of hydrogen-bond donors (Lipinski definition) is 2. The van der Waals surface area contributed by atoms with Crippen LogP contribution in [0.5, 0.6) is 11.5 Å². The molecule has 2 aliphatic rings. The molecule has 0 saturated carbocycles. The van der Waals surface area contributed by atoms with Gasteiger partial charge in [0, 0.05) is 30.0 Å². The lowest BCUT2D eigenvalue weighted by Crippen LogP contribution is -2.38. The van der Waals surface area contributed by atoms with Crippen LogP contribution in [-0.2, 0) is 9.59 Å². The molecule has 0 saturated heterocycles. The fourth-order valence-corrected chi connectivity index (χ4v) is 4.31. The second-order valence-electron chi connectivity index (χ2n) is 8.06. The van der Waals surface area contributed by atoms with Crippen molar-refractivity contribution >= 4 is 11.7 Å². The maximum absolute atomic E-state index is 13.1. The average Bonchev–Trinajstić information content (AvgIpc) is 2.67. The number of Topliss-reactive ketones (excluding diaryl/α,β-unsaturated/α-hetero) is 1. The third-order valence-electron chi connectivity index (χ3n) is 5.53. The Hall–Kier alpha value is -3.08. The van der Waals surface area contributed by atoms with Crippen LogP contribution in [0.2, 0.25) is 0 Å². The number of phenols is 1. The van der Waals surface area contributed by atoms with Gasteiger partial charge in [-0.3, -0.25) is 9.59 Å². The Labute approximate surface area is 170 Å². The molecule has 4 rings (SSSR count). The van der Waals surface area contributed by atoms with E-state index in [1.165, 1.54) is 0 Å².